The van der Waals surface area contributed by atoms with E-state index in [1.54, 1.807) is 0 Å². The number of carbonyl (C=O) groups excluding carboxylic acids is 1. The molecule has 0 heterocycles. The third-order valence-corrected chi connectivity index (χ3v) is 3.53. The highest BCUT2D eigenvalue weighted by atomic mass is 16.5. The van der Waals surface area contributed by atoms with E-state index in [0.717, 1.165) is 18.6 Å². The molecule has 2 rings (SSSR count). The summed E-state index contributed by atoms with van der Waals surface area (Å²) in [5, 5.41) is 3.02. The maximum Gasteiger partial charge on any atom is 0.238 e. The molecule has 4 heteroatoms. The van der Waals surface area contributed by atoms with E-state index in [4.69, 9.17) is 10.5 Å². The van der Waals surface area contributed by atoms with Crippen LogP contribution in [0.25, 0.3) is 0 Å². The van der Waals surface area contributed by atoms with Crippen molar-refractivity contribution < 1.29 is 9.53 Å². The second-order valence-electron chi connectivity index (χ2n) is 4.96. The first-order valence-electron chi connectivity index (χ1n) is 6.98. The summed E-state index contributed by atoms with van der Waals surface area (Å²) >= 11 is 0. The molecule has 0 aliphatic heterocycles. The molecule has 104 valence electrons. The first-order valence-corrected chi connectivity index (χ1v) is 6.98. The molecule has 1 atom stereocenters. The maximum absolute atomic E-state index is 11.2. The zero-order valence-corrected chi connectivity index (χ0v) is 11.4. The molecule has 0 saturated carbocycles. The molecule has 1 amide bonds. The number of aryl methyl sites for hydroxylation is 2. The topological polar surface area (TPSA) is 64.3 Å². The van der Waals surface area contributed by atoms with Crippen molar-refractivity contribution >= 4 is 5.91 Å². The Morgan fingerprint density at radius 1 is 1.37 bits per heavy atom. The highest BCUT2D eigenvalue weighted by Gasteiger charge is 2.15. The van der Waals surface area contributed by atoms with Crippen LogP contribution in [0.5, 0.6) is 5.75 Å². The number of ether oxygens (including phenoxy) is 1. The molecule has 4 nitrogen and oxygen atoms in total. The predicted molar refractivity (Wildman–Crippen MR) is 75.2 cm³/mol. The number of hydrogen-bond donors (Lipinski definition) is 2. The van der Waals surface area contributed by atoms with Crippen LogP contribution in [-0.2, 0) is 17.6 Å². The molecule has 1 aromatic rings. The van der Waals surface area contributed by atoms with Crippen molar-refractivity contribution in [3.8, 4) is 5.75 Å². The maximum atomic E-state index is 11.2. The normalized spacial score (nSPS) is 15.6. The predicted octanol–water partition coefficient (Wildman–Crippen LogP) is 1.41. The van der Waals surface area contributed by atoms with E-state index >= 15 is 0 Å². The molecule has 1 aliphatic rings. The van der Waals surface area contributed by atoms with Crippen molar-refractivity contribution in [2.75, 3.05) is 13.2 Å². The summed E-state index contributed by atoms with van der Waals surface area (Å²) in [6.07, 6.45) is 4.81. The first kappa shape index (κ1) is 13.9. The second-order valence-corrected chi connectivity index (χ2v) is 4.96. The fourth-order valence-corrected chi connectivity index (χ4v) is 2.47. The van der Waals surface area contributed by atoms with Gasteiger partial charge in [0.05, 0.1) is 0 Å². The number of likely N-dealkylation sites (N-methyl/N-ethyl adjacent to an activating group) is 1. The fraction of sp³-hybridized carbons (Fsp3) is 0.533. The van der Waals surface area contributed by atoms with E-state index in [2.05, 4.69) is 17.4 Å². The van der Waals surface area contributed by atoms with Gasteiger partial charge in [0.25, 0.3) is 0 Å². The van der Waals surface area contributed by atoms with Crippen molar-refractivity contribution in [2.24, 2.45) is 5.73 Å². The minimum absolute atomic E-state index is 0.280. The van der Waals surface area contributed by atoms with E-state index in [0.29, 0.717) is 6.54 Å². The van der Waals surface area contributed by atoms with Gasteiger partial charge in [-0.25, -0.2) is 0 Å². The molecule has 1 aliphatic carbocycles. The van der Waals surface area contributed by atoms with Gasteiger partial charge in [-0.1, -0.05) is 13.0 Å². The Labute approximate surface area is 114 Å². The summed E-state index contributed by atoms with van der Waals surface area (Å²) in [6.45, 7) is 2.91. The van der Waals surface area contributed by atoms with Crippen molar-refractivity contribution in [1.29, 1.82) is 0 Å². The monoisotopic (exact) mass is 262 g/mol. The van der Waals surface area contributed by atoms with Crippen LogP contribution >= 0.6 is 0 Å². The SMILES string of the molecule is CCNC(COc1ccc2c(c1)CCCC2)C(N)=O. The molecule has 0 bridgehead atoms. The van der Waals surface area contributed by atoms with Crippen molar-refractivity contribution in [1.82, 2.24) is 5.32 Å². The van der Waals surface area contributed by atoms with E-state index in [1.807, 2.05) is 13.0 Å². The van der Waals surface area contributed by atoms with Crippen LogP contribution in [0.2, 0.25) is 0 Å². The van der Waals surface area contributed by atoms with E-state index in [9.17, 15) is 4.79 Å². The summed E-state index contributed by atoms with van der Waals surface area (Å²) < 4.78 is 5.68. The zero-order chi connectivity index (χ0) is 13.7. The molecular formula is C15H22N2O2. The van der Waals surface area contributed by atoms with E-state index in [1.165, 1.54) is 24.0 Å². The second kappa shape index (κ2) is 6.57. The summed E-state index contributed by atoms with van der Waals surface area (Å²) in [6, 6.07) is 5.78. The van der Waals surface area contributed by atoms with E-state index < -0.39 is 6.04 Å². The van der Waals surface area contributed by atoms with Gasteiger partial charge in [-0.2, -0.15) is 0 Å². The number of hydrogen-bond acceptors (Lipinski definition) is 3. The first-order chi connectivity index (χ1) is 9.20. The van der Waals surface area contributed by atoms with Crippen LogP contribution in [0.1, 0.15) is 30.9 Å². The summed E-state index contributed by atoms with van der Waals surface area (Å²) in [5.41, 5.74) is 8.12. The highest BCUT2D eigenvalue weighted by molar-refractivity contribution is 5.80. The minimum Gasteiger partial charge on any atom is -0.491 e. The average molecular weight is 262 g/mol. The summed E-state index contributed by atoms with van der Waals surface area (Å²) in [5.74, 6) is 0.449. The summed E-state index contributed by atoms with van der Waals surface area (Å²) in [4.78, 5) is 11.2. The number of nitrogens with two attached hydrogens (primary N) is 1. The van der Waals surface area contributed by atoms with E-state index in [-0.39, 0.29) is 12.5 Å². The van der Waals surface area contributed by atoms with Crippen molar-refractivity contribution in [3.63, 3.8) is 0 Å². The molecule has 0 spiro atoms. The van der Waals surface area contributed by atoms with Gasteiger partial charge in [0.1, 0.15) is 18.4 Å². The standard InChI is InChI=1S/C15H22N2O2/c1-2-17-14(15(16)18)10-19-13-8-7-11-5-3-4-6-12(11)9-13/h7-9,14,17H,2-6,10H2,1H3,(H2,16,18). The molecular weight excluding hydrogens is 240 g/mol. The molecule has 1 aromatic carbocycles. The van der Waals surface area contributed by atoms with Crippen LogP contribution in [0, 0.1) is 0 Å². The van der Waals surface area contributed by atoms with Gasteiger partial charge in [0.15, 0.2) is 0 Å². The molecule has 1 unspecified atom stereocenters. The third kappa shape index (κ3) is 3.70. The van der Waals surface area contributed by atoms with Crippen LogP contribution in [0.15, 0.2) is 18.2 Å². The van der Waals surface area contributed by atoms with Gasteiger partial charge < -0.3 is 15.8 Å². The zero-order valence-electron chi connectivity index (χ0n) is 11.4. The number of fused-ring (bicyclic) bond motifs is 1. The lowest BCUT2D eigenvalue weighted by atomic mass is 9.92. The lowest BCUT2D eigenvalue weighted by Gasteiger charge is -2.18. The Hall–Kier alpha value is -1.55. The highest BCUT2D eigenvalue weighted by Crippen LogP contribution is 2.25. The largest absolute Gasteiger partial charge is 0.491 e. The van der Waals surface area contributed by atoms with Crippen LogP contribution < -0.4 is 15.8 Å². The number of amides is 1. The van der Waals surface area contributed by atoms with Gasteiger partial charge in [-0.3, -0.25) is 4.79 Å². The van der Waals surface area contributed by atoms with Crippen molar-refractivity contribution in [3.05, 3.63) is 29.3 Å². The summed E-state index contributed by atoms with van der Waals surface area (Å²) in [7, 11) is 0. The third-order valence-electron chi connectivity index (χ3n) is 3.53. The van der Waals surface area contributed by atoms with Gasteiger partial charge in [0, 0.05) is 0 Å². The van der Waals surface area contributed by atoms with Gasteiger partial charge in [0.2, 0.25) is 5.91 Å². The number of rotatable bonds is 6. The fourth-order valence-electron chi connectivity index (χ4n) is 2.47. The van der Waals surface area contributed by atoms with Gasteiger partial charge >= 0.3 is 0 Å². The van der Waals surface area contributed by atoms with Crippen LogP contribution in [-0.4, -0.2) is 25.1 Å². The Bertz CT molecular complexity index is 446. The minimum atomic E-state index is -0.430. The molecule has 19 heavy (non-hydrogen) atoms. The lowest BCUT2D eigenvalue weighted by Crippen LogP contribution is -2.45. The van der Waals surface area contributed by atoms with Crippen LogP contribution in [0.4, 0.5) is 0 Å². The Balaban J connectivity index is 1.97. The Kier molecular flexibility index (Phi) is 4.80. The smallest absolute Gasteiger partial charge is 0.238 e. The number of primary amides is 1. The quantitative estimate of drug-likeness (QED) is 0.814. The molecule has 0 fully saturated rings. The molecule has 3 N–H and O–H groups in total. The molecule has 0 radical (unpaired) electrons. The van der Waals surface area contributed by atoms with Gasteiger partial charge in [-0.15, -0.1) is 0 Å². The average Bonchev–Trinajstić information content (AvgIpc) is 2.43. The van der Waals surface area contributed by atoms with Gasteiger partial charge in [-0.05, 0) is 55.5 Å². The molecule has 0 aromatic heterocycles. The molecule has 0 saturated heterocycles. The van der Waals surface area contributed by atoms with Crippen molar-refractivity contribution in [2.45, 2.75) is 38.6 Å². The lowest BCUT2D eigenvalue weighted by molar-refractivity contribution is -0.120. The number of carbonyl (C=O) groups is 1. The van der Waals surface area contributed by atoms with Crippen LogP contribution in [0.3, 0.4) is 0 Å². The number of nitrogens with one attached hydrogen (secondary N) is 1. The Morgan fingerprint density at radius 2 is 2.11 bits per heavy atom. The number of benzene rings is 1. The Morgan fingerprint density at radius 3 is 2.79 bits per heavy atom.